The van der Waals surface area contributed by atoms with Crippen LogP contribution >= 0.6 is 0 Å². The van der Waals surface area contributed by atoms with E-state index in [1.54, 1.807) is 0 Å². The van der Waals surface area contributed by atoms with Crippen LogP contribution in [0, 0.1) is 5.92 Å². The Bertz CT molecular complexity index is 203. The molecule has 2 nitrogen and oxygen atoms in total. The first kappa shape index (κ1) is 11.4. The smallest absolute Gasteiger partial charge is 0.0283 e. The van der Waals surface area contributed by atoms with Crippen LogP contribution in [0.2, 0.25) is 0 Å². The first-order chi connectivity index (χ1) is 7.09. The van der Waals surface area contributed by atoms with E-state index in [1.165, 1.54) is 45.1 Å². The van der Waals surface area contributed by atoms with E-state index >= 15 is 0 Å². The van der Waals surface area contributed by atoms with Crippen LogP contribution in [0.15, 0.2) is 0 Å². The van der Waals surface area contributed by atoms with Gasteiger partial charge in [0.05, 0.1) is 0 Å². The highest BCUT2D eigenvalue weighted by atomic mass is 15.2. The van der Waals surface area contributed by atoms with Gasteiger partial charge in [0.15, 0.2) is 0 Å². The summed E-state index contributed by atoms with van der Waals surface area (Å²) < 4.78 is 0. The van der Waals surface area contributed by atoms with Crippen LogP contribution in [0.25, 0.3) is 0 Å². The van der Waals surface area contributed by atoms with Crippen molar-refractivity contribution in [3.63, 3.8) is 0 Å². The van der Waals surface area contributed by atoms with E-state index in [1.807, 2.05) is 0 Å². The zero-order valence-corrected chi connectivity index (χ0v) is 10.3. The van der Waals surface area contributed by atoms with Crippen molar-refractivity contribution >= 4 is 0 Å². The Kier molecular flexibility index (Phi) is 3.36. The molecule has 0 heterocycles. The zero-order chi connectivity index (χ0) is 10.9. The minimum atomic E-state index is 0.150. The van der Waals surface area contributed by atoms with E-state index in [9.17, 15) is 0 Å². The van der Waals surface area contributed by atoms with Gasteiger partial charge in [0, 0.05) is 24.7 Å². The quantitative estimate of drug-likeness (QED) is 0.755. The van der Waals surface area contributed by atoms with Crippen molar-refractivity contribution < 1.29 is 0 Å². The van der Waals surface area contributed by atoms with Gasteiger partial charge in [-0.15, -0.1) is 0 Å². The standard InChI is InChI=1S/C13H26N2/c1-11(2)9-15(12-5-6-12)10-13(14)7-3-4-8-13/h11-12H,3-10,14H2,1-2H3. The normalized spacial score (nSPS) is 25.4. The van der Waals surface area contributed by atoms with E-state index in [-0.39, 0.29) is 5.54 Å². The SMILES string of the molecule is CC(C)CN(CC1(N)CCCC1)C1CC1. The van der Waals surface area contributed by atoms with Crippen molar-refractivity contribution in [1.29, 1.82) is 0 Å². The van der Waals surface area contributed by atoms with Crippen molar-refractivity contribution in [2.24, 2.45) is 11.7 Å². The number of rotatable bonds is 5. The molecule has 0 aromatic carbocycles. The highest BCUT2D eigenvalue weighted by Crippen LogP contribution is 2.33. The molecule has 2 aliphatic carbocycles. The van der Waals surface area contributed by atoms with Gasteiger partial charge in [-0.05, 0) is 31.6 Å². The predicted octanol–water partition coefficient (Wildman–Crippen LogP) is 2.38. The number of hydrogen-bond acceptors (Lipinski definition) is 2. The Balaban J connectivity index is 1.87. The van der Waals surface area contributed by atoms with Crippen molar-refractivity contribution in [2.75, 3.05) is 13.1 Å². The zero-order valence-electron chi connectivity index (χ0n) is 10.3. The van der Waals surface area contributed by atoms with Crippen molar-refractivity contribution in [3.05, 3.63) is 0 Å². The molecule has 0 amide bonds. The molecule has 0 saturated heterocycles. The first-order valence-corrected chi connectivity index (χ1v) is 6.62. The van der Waals surface area contributed by atoms with Crippen LogP contribution in [0.5, 0.6) is 0 Å². The second-order valence-electron chi connectivity index (χ2n) is 6.12. The average molecular weight is 210 g/mol. The van der Waals surface area contributed by atoms with Crippen molar-refractivity contribution in [3.8, 4) is 0 Å². The lowest BCUT2D eigenvalue weighted by atomic mass is 9.98. The minimum absolute atomic E-state index is 0.150. The largest absolute Gasteiger partial charge is 0.324 e. The maximum absolute atomic E-state index is 6.46. The van der Waals surface area contributed by atoms with Gasteiger partial charge in [-0.1, -0.05) is 26.7 Å². The molecule has 0 atom stereocenters. The van der Waals surface area contributed by atoms with E-state index in [0.717, 1.165) is 18.5 Å². The molecule has 15 heavy (non-hydrogen) atoms. The fourth-order valence-electron chi connectivity index (χ4n) is 2.89. The van der Waals surface area contributed by atoms with Crippen LogP contribution in [-0.4, -0.2) is 29.6 Å². The highest BCUT2D eigenvalue weighted by molar-refractivity contribution is 4.96. The van der Waals surface area contributed by atoms with E-state index in [0.29, 0.717) is 0 Å². The number of nitrogens with zero attached hydrogens (tertiary/aromatic N) is 1. The fourth-order valence-corrected chi connectivity index (χ4v) is 2.89. The molecule has 0 aromatic heterocycles. The summed E-state index contributed by atoms with van der Waals surface area (Å²) in [5.74, 6) is 0.774. The topological polar surface area (TPSA) is 29.3 Å². The third kappa shape index (κ3) is 3.18. The Morgan fingerprint density at radius 3 is 2.33 bits per heavy atom. The molecule has 0 spiro atoms. The second kappa shape index (κ2) is 4.42. The van der Waals surface area contributed by atoms with Gasteiger partial charge in [-0.2, -0.15) is 0 Å². The Hall–Kier alpha value is -0.0800. The molecule has 2 aliphatic rings. The van der Waals surface area contributed by atoms with Gasteiger partial charge >= 0.3 is 0 Å². The van der Waals surface area contributed by atoms with E-state index in [2.05, 4.69) is 18.7 Å². The minimum Gasteiger partial charge on any atom is -0.324 e. The third-order valence-electron chi connectivity index (χ3n) is 3.78. The lowest BCUT2D eigenvalue weighted by molar-refractivity contribution is 0.181. The predicted molar refractivity (Wildman–Crippen MR) is 64.8 cm³/mol. The van der Waals surface area contributed by atoms with Crippen molar-refractivity contribution in [2.45, 2.75) is 64.0 Å². The average Bonchev–Trinajstić information content (AvgIpc) is 2.89. The Morgan fingerprint density at radius 1 is 1.27 bits per heavy atom. The summed E-state index contributed by atoms with van der Waals surface area (Å²) in [5.41, 5.74) is 6.61. The van der Waals surface area contributed by atoms with Gasteiger partial charge in [-0.3, -0.25) is 4.90 Å². The molecular weight excluding hydrogens is 184 g/mol. The van der Waals surface area contributed by atoms with Crippen LogP contribution in [0.1, 0.15) is 52.4 Å². The van der Waals surface area contributed by atoms with Crippen LogP contribution in [0.3, 0.4) is 0 Å². The molecule has 2 rings (SSSR count). The first-order valence-electron chi connectivity index (χ1n) is 6.62. The molecule has 2 heteroatoms. The van der Waals surface area contributed by atoms with Crippen molar-refractivity contribution in [1.82, 2.24) is 4.90 Å². The van der Waals surface area contributed by atoms with E-state index in [4.69, 9.17) is 5.73 Å². The Morgan fingerprint density at radius 2 is 1.87 bits per heavy atom. The van der Waals surface area contributed by atoms with Crippen LogP contribution in [-0.2, 0) is 0 Å². The molecule has 2 fully saturated rings. The Labute approximate surface area is 94.2 Å². The maximum atomic E-state index is 6.46. The lowest BCUT2D eigenvalue weighted by Gasteiger charge is -2.33. The second-order valence-corrected chi connectivity index (χ2v) is 6.12. The molecule has 0 aliphatic heterocycles. The summed E-state index contributed by atoms with van der Waals surface area (Å²) in [5, 5.41) is 0. The molecular formula is C13H26N2. The molecule has 2 N–H and O–H groups in total. The fraction of sp³-hybridized carbons (Fsp3) is 1.00. The molecule has 0 aromatic rings. The van der Waals surface area contributed by atoms with Gasteiger partial charge < -0.3 is 5.73 Å². The molecule has 0 bridgehead atoms. The molecule has 0 radical (unpaired) electrons. The van der Waals surface area contributed by atoms with Gasteiger partial charge in [-0.25, -0.2) is 0 Å². The summed E-state index contributed by atoms with van der Waals surface area (Å²) in [7, 11) is 0. The molecule has 2 saturated carbocycles. The summed E-state index contributed by atoms with van der Waals surface area (Å²) in [6.07, 6.45) is 7.99. The monoisotopic (exact) mass is 210 g/mol. The summed E-state index contributed by atoms with van der Waals surface area (Å²) >= 11 is 0. The van der Waals surface area contributed by atoms with Crippen LogP contribution < -0.4 is 5.73 Å². The summed E-state index contributed by atoms with van der Waals surface area (Å²) in [6, 6.07) is 0.869. The highest BCUT2D eigenvalue weighted by Gasteiger charge is 2.36. The van der Waals surface area contributed by atoms with Gasteiger partial charge in [0.25, 0.3) is 0 Å². The van der Waals surface area contributed by atoms with Gasteiger partial charge in [0.1, 0.15) is 0 Å². The molecule has 88 valence electrons. The van der Waals surface area contributed by atoms with E-state index < -0.39 is 0 Å². The maximum Gasteiger partial charge on any atom is 0.0283 e. The number of nitrogens with two attached hydrogens (primary N) is 1. The molecule has 0 unspecified atom stereocenters. The summed E-state index contributed by atoms with van der Waals surface area (Å²) in [6.45, 7) is 7.01. The van der Waals surface area contributed by atoms with Crippen LogP contribution in [0.4, 0.5) is 0 Å². The van der Waals surface area contributed by atoms with Gasteiger partial charge in [0.2, 0.25) is 0 Å². The lowest BCUT2D eigenvalue weighted by Crippen LogP contribution is -2.49. The third-order valence-corrected chi connectivity index (χ3v) is 3.78. The summed E-state index contributed by atoms with van der Waals surface area (Å²) in [4.78, 5) is 2.66. The number of hydrogen-bond donors (Lipinski definition) is 1.